The van der Waals surface area contributed by atoms with Gasteiger partial charge in [-0.05, 0) is 169 Å². The lowest BCUT2D eigenvalue weighted by Gasteiger charge is -2.36. The highest BCUT2D eigenvalue weighted by Gasteiger charge is 2.38. The minimum absolute atomic E-state index is 0.0700. The number of halogens is 1. The highest BCUT2D eigenvalue weighted by atomic mass is 35.5. The van der Waals surface area contributed by atoms with Gasteiger partial charge in [0.1, 0.15) is 63.1 Å². The van der Waals surface area contributed by atoms with Crippen molar-refractivity contribution in [2.45, 2.75) is 127 Å². The van der Waals surface area contributed by atoms with Crippen molar-refractivity contribution in [3.63, 3.8) is 0 Å². The van der Waals surface area contributed by atoms with Gasteiger partial charge in [0, 0.05) is 185 Å². The van der Waals surface area contributed by atoms with Gasteiger partial charge in [0.05, 0.1) is 98.9 Å². The van der Waals surface area contributed by atoms with E-state index in [0.717, 1.165) is 200 Å². The zero-order valence-corrected chi connectivity index (χ0v) is 68.8. The number of piperidine rings is 4. The van der Waals surface area contributed by atoms with Crippen molar-refractivity contribution in [2.75, 3.05) is 114 Å². The van der Waals surface area contributed by atoms with Crippen molar-refractivity contribution in [1.29, 1.82) is 0 Å². The molecule has 3 unspecified atom stereocenters. The minimum Gasteiger partial charge on any atom is -0.355 e. The number of Topliss-reactive ketones (excluding diaryl/α,β-unsaturated/α-hetero) is 3. The molecule has 27 heteroatoms. The van der Waals surface area contributed by atoms with Crippen molar-refractivity contribution in [2.24, 2.45) is 0 Å². The summed E-state index contributed by atoms with van der Waals surface area (Å²) in [6.07, 6.45) is 25.3. The van der Waals surface area contributed by atoms with Crippen LogP contribution in [0, 0.1) is 20.8 Å². The topological polar surface area (TPSA) is 252 Å². The fourth-order valence-corrected chi connectivity index (χ4v) is 18.2. The molecule has 0 amide bonds. The van der Waals surface area contributed by atoms with E-state index in [1.807, 2.05) is 92.2 Å². The fraction of sp³-hybridized carbons (Fsp3) is 0.385. The minimum atomic E-state index is -0.202. The van der Waals surface area contributed by atoms with Crippen LogP contribution >= 0.6 is 11.6 Å². The molecule has 0 bridgehead atoms. The predicted molar refractivity (Wildman–Crippen MR) is 460 cm³/mol. The van der Waals surface area contributed by atoms with Crippen LogP contribution in [0.15, 0.2) is 195 Å². The van der Waals surface area contributed by atoms with Gasteiger partial charge in [0.15, 0.2) is 0 Å². The number of carbonyl (C=O) groups is 3. The number of nitrogens with one attached hydrogen (secondary N) is 4. The van der Waals surface area contributed by atoms with Crippen LogP contribution in [0.5, 0.6) is 0 Å². The average molecular weight is 1600 g/mol. The summed E-state index contributed by atoms with van der Waals surface area (Å²) < 4.78 is 8.66. The Morgan fingerprint density at radius 1 is 0.347 bits per heavy atom. The smallest absolute Gasteiger partial charge is 0.138 e. The van der Waals surface area contributed by atoms with Crippen molar-refractivity contribution in [1.82, 2.24) is 98.4 Å². The normalized spacial score (nSPS) is 22.4. The number of fused-ring (bicyclic) bond motifs is 4. The van der Waals surface area contributed by atoms with Gasteiger partial charge in [0.25, 0.3) is 0 Å². The Balaban J connectivity index is 0.000000113. The molecular formula is C91H104ClN23O3. The summed E-state index contributed by atoms with van der Waals surface area (Å²) in [5, 5.41) is 15.3. The molecule has 20 rings (SSSR count). The summed E-state index contributed by atoms with van der Waals surface area (Å²) in [7, 11) is 6.48. The number of hydrogen-bond acceptors (Lipinski definition) is 22. The number of rotatable bonds is 12. The summed E-state index contributed by atoms with van der Waals surface area (Å²) in [4.78, 5) is 94.3. The largest absolute Gasteiger partial charge is 0.355 e. The van der Waals surface area contributed by atoms with E-state index in [1.165, 1.54) is 11.4 Å². The molecule has 13 aromatic rings. The van der Waals surface area contributed by atoms with Crippen LogP contribution in [-0.4, -0.2) is 194 Å². The zero-order chi connectivity index (χ0) is 80.9. The van der Waals surface area contributed by atoms with E-state index in [9.17, 15) is 14.4 Å². The second-order valence-corrected chi connectivity index (χ2v) is 32.9. The van der Waals surface area contributed by atoms with Gasteiger partial charge in [-0.25, -0.2) is 19.9 Å². The Morgan fingerprint density at radius 2 is 0.729 bits per heavy atom. The van der Waals surface area contributed by atoms with Crippen LogP contribution < -0.4 is 36.0 Å². The molecule has 7 saturated heterocycles. The molecule has 4 N–H and O–H groups in total. The monoisotopic (exact) mass is 1600 g/mol. The van der Waals surface area contributed by atoms with Crippen molar-refractivity contribution < 1.29 is 14.4 Å². The Kier molecular flexibility index (Phi) is 24.0. The van der Waals surface area contributed by atoms with Gasteiger partial charge in [-0.15, -0.1) is 0 Å². The van der Waals surface area contributed by atoms with E-state index in [4.69, 9.17) is 31.5 Å². The molecule has 608 valence electrons. The summed E-state index contributed by atoms with van der Waals surface area (Å²) in [6.45, 7) is 18.4. The number of hydrogen-bond donors (Lipinski definition) is 4. The fourth-order valence-electron chi connectivity index (χ4n) is 18.0. The van der Waals surface area contributed by atoms with Crippen LogP contribution in [0.25, 0.3) is 33.8 Å². The summed E-state index contributed by atoms with van der Waals surface area (Å²) in [6, 6.07) is 44.3. The molecule has 8 atom stereocenters. The highest BCUT2D eigenvalue weighted by molar-refractivity contribution is 6.31. The molecule has 0 saturated carbocycles. The van der Waals surface area contributed by atoms with Gasteiger partial charge in [-0.2, -0.15) is 0 Å². The molecule has 13 aromatic heterocycles. The number of aromatic nitrogens is 13. The van der Waals surface area contributed by atoms with E-state index in [0.29, 0.717) is 43.5 Å². The van der Waals surface area contributed by atoms with Crippen molar-refractivity contribution in [3.8, 4) is 11.3 Å². The lowest BCUT2D eigenvalue weighted by molar-refractivity contribution is -0.122. The van der Waals surface area contributed by atoms with Crippen LogP contribution in [0.4, 0.5) is 17.5 Å². The first-order chi connectivity index (χ1) is 57.6. The molecule has 0 spiro atoms. The van der Waals surface area contributed by atoms with Crippen LogP contribution in [-0.2, 0) is 14.4 Å². The van der Waals surface area contributed by atoms with Crippen LogP contribution in [0.3, 0.4) is 0 Å². The summed E-state index contributed by atoms with van der Waals surface area (Å²) in [5.74, 6) is 4.13. The number of pyridine rings is 9. The van der Waals surface area contributed by atoms with E-state index in [1.54, 1.807) is 24.7 Å². The molecular weight excluding hydrogens is 1500 g/mol. The van der Waals surface area contributed by atoms with Crippen molar-refractivity contribution in [3.05, 3.63) is 263 Å². The van der Waals surface area contributed by atoms with Crippen LogP contribution in [0.2, 0.25) is 5.02 Å². The number of nitrogens with zero attached hydrogens (tertiary/aromatic N) is 19. The number of ketones is 3. The van der Waals surface area contributed by atoms with Gasteiger partial charge in [-0.1, -0.05) is 54.1 Å². The Bertz CT molecular complexity index is 5520. The first-order valence-electron chi connectivity index (χ1n) is 41.6. The number of anilines is 3. The van der Waals surface area contributed by atoms with Gasteiger partial charge in [-0.3, -0.25) is 72.9 Å². The number of carbonyl (C=O) groups excluding carboxylic acids is 3. The molecule has 7 aliphatic heterocycles. The molecule has 26 nitrogen and oxygen atoms in total. The number of piperazine rings is 3. The Morgan fingerprint density at radius 3 is 1.22 bits per heavy atom. The van der Waals surface area contributed by atoms with Gasteiger partial charge in [0.2, 0.25) is 0 Å². The molecule has 20 heterocycles. The van der Waals surface area contributed by atoms with Crippen molar-refractivity contribution >= 4 is 69.0 Å². The first-order valence-corrected chi connectivity index (χ1v) is 42.0. The molecule has 118 heavy (non-hydrogen) atoms. The standard InChI is InChI=1S/2C23H28N6O.C23H23N5.C22H25ClN6O/c1-16-5-4-8-24-23(16)19-14-17(30)13-18(25-19)20-15-29-21(26-20)6-3-7-22(29)28-11-9-27(2)10-12-28;1-16-6-5-8-24-21(16)18-14-17(30)15-19(25-18)22-23(28-12-10-27(2)11-13-28)29-9-4-3-7-20(29)26-22;1-16-6-5-12-25-21(16)18-7-4-8-19(26-18)22-23(17-10-13-24-14-11-17)28-15-3-2-9-20(28)27-22;1-27-8-10-28(11-9-27)21-6-2-5-20-26-19(14-29(20)21)17-12-15(30)13-18(25-17)22-16(23)4-3-7-24-22/h3-8,15,18-19,25H,9-14H2,1-2H3;3-9,18-19,25H,10-15H2,1-2H3;2-3,5-6,9-15,18-19,26H,4,7-8H2,1H3;2-7,14,17-18,25H,8-13H2,1H3/t18-,19+;;18-,19?;17-,18+/m1.11/s1. The second kappa shape index (κ2) is 35.6. The number of aryl methyl sites for hydroxylation is 3. The lowest BCUT2D eigenvalue weighted by atomic mass is 9.91. The average Bonchev–Trinajstić information content (AvgIpc) is 1.64. The van der Waals surface area contributed by atoms with E-state index < -0.39 is 0 Å². The molecule has 0 aliphatic carbocycles. The Hall–Kier alpha value is -11.1. The highest BCUT2D eigenvalue weighted by Crippen LogP contribution is 2.41. The summed E-state index contributed by atoms with van der Waals surface area (Å²) >= 11 is 6.34. The third-order valence-electron chi connectivity index (χ3n) is 24.3. The summed E-state index contributed by atoms with van der Waals surface area (Å²) in [5.41, 5.74) is 17.1. The van der Waals surface area contributed by atoms with Gasteiger partial charge < -0.3 is 34.7 Å². The number of likely N-dealkylation sites (N-methyl/N-ethyl adjacent to an activating group) is 3. The quantitative estimate of drug-likeness (QED) is 0.0887. The maximum Gasteiger partial charge on any atom is 0.138 e. The maximum absolute atomic E-state index is 12.8. The molecule has 0 radical (unpaired) electrons. The second-order valence-electron chi connectivity index (χ2n) is 32.5. The van der Waals surface area contributed by atoms with Gasteiger partial charge >= 0.3 is 0 Å². The third-order valence-corrected chi connectivity index (χ3v) is 24.6. The maximum atomic E-state index is 12.8. The molecule has 0 aromatic carbocycles. The number of imidazole rings is 4. The predicted octanol–water partition coefficient (Wildman–Crippen LogP) is 12.6. The SMILES string of the molecule is CN1CCN(c2cccc3nc([C@H]4CC(=O)C[C@@H](c5ncccc5Cl)N4)cn23)CC1.Cc1cccnc1C1CC(=O)CC(c2nc3ccccn3c2N2CCN(C)CC2)N1.Cc1cccnc1[C@@H]1CC(=O)C[C@H](c2cn3c(N4CCN(C)CC4)cccc3n2)N1.Cc1cccnc1[C@H]1CCCC(c2nc3ccccn3c2-c2ccncc2)N1. The zero-order valence-electron chi connectivity index (χ0n) is 68.0. The van der Waals surface area contributed by atoms with Crippen LogP contribution in [0.1, 0.15) is 168 Å². The van der Waals surface area contributed by atoms with E-state index in [-0.39, 0.29) is 65.7 Å². The lowest BCUT2D eigenvalue weighted by Crippen LogP contribution is -2.46. The van der Waals surface area contributed by atoms with E-state index in [2.05, 4.69) is 214 Å². The Labute approximate surface area is 693 Å². The molecule has 7 fully saturated rings. The van der Waals surface area contributed by atoms with E-state index >= 15 is 0 Å². The third kappa shape index (κ3) is 17.4. The molecule has 7 aliphatic rings. The first kappa shape index (κ1) is 79.4.